The normalized spacial score (nSPS) is 30.0. The second-order valence-corrected chi connectivity index (χ2v) is 10.2. The number of rotatable bonds is 5. The van der Waals surface area contributed by atoms with Gasteiger partial charge in [0.1, 0.15) is 11.4 Å². The van der Waals surface area contributed by atoms with Crippen molar-refractivity contribution in [2.45, 2.75) is 96.5 Å². The maximum Gasteiger partial charge on any atom is 0.223 e. The third-order valence-electron chi connectivity index (χ3n) is 6.82. The zero-order valence-corrected chi connectivity index (χ0v) is 18.9. The predicted molar refractivity (Wildman–Crippen MR) is 119 cm³/mol. The second-order valence-electron chi connectivity index (χ2n) is 10.2. The first-order chi connectivity index (χ1) is 14.1. The van der Waals surface area contributed by atoms with Crippen molar-refractivity contribution in [2.75, 3.05) is 0 Å². The van der Waals surface area contributed by atoms with Gasteiger partial charge in [-0.2, -0.15) is 0 Å². The summed E-state index contributed by atoms with van der Waals surface area (Å²) < 4.78 is 20.8. The molecule has 0 spiro atoms. The summed E-state index contributed by atoms with van der Waals surface area (Å²) in [4.78, 5) is 18.8. The number of aromatic nitrogens is 1. The van der Waals surface area contributed by atoms with Crippen LogP contribution in [0, 0.1) is 5.92 Å². The topological polar surface area (TPSA) is 45.3 Å². The number of ether oxygens (including phenoxy) is 1. The Hall–Kier alpha value is -2.04. The number of nitrogens with zero attached hydrogens (tertiary/aromatic N) is 1. The van der Waals surface area contributed by atoms with Gasteiger partial charge in [-0.05, 0) is 63.1 Å². The Morgan fingerprint density at radius 3 is 2.57 bits per heavy atom. The van der Waals surface area contributed by atoms with E-state index in [2.05, 4.69) is 18.8 Å². The number of amides is 1. The van der Waals surface area contributed by atoms with Crippen molar-refractivity contribution in [1.29, 1.82) is 0 Å². The minimum Gasteiger partial charge on any atom is -0.490 e. The van der Waals surface area contributed by atoms with E-state index in [-0.39, 0.29) is 30.0 Å². The molecule has 0 aliphatic carbocycles. The highest BCUT2D eigenvalue weighted by atomic mass is 19.1. The van der Waals surface area contributed by atoms with Gasteiger partial charge in [-0.1, -0.05) is 19.9 Å². The predicted octanol–water partition coefficient (Wildman–Crippen LogP) is 5.97. The molecule has 2 aliphatic rings. The van der Waals surface area contributed by atoms with Crippen LogP contribution in [0.2, 0.25) is 0 Å². The molecule has 164 valence electrons. The highest BCUT2D eigenvalue weighted by Gasteiger charge is 2.47. The van der Waals surface area contributed by atoms with Gasteiger partial charge in [0.2, 0.25) is 5.91 Å². The maximum atomic E-state index is 14.8. The van der Waals surface area contributed by atoms with Crippen molar-refractivity contribution in [3.63, 3.8) is 0 Å². The summed E-state index contributed by atoms with van der Waals surface area (Å²) >= 11 is 0. The van der Waals surface area contributed by atoms with Crippen LogP contribution < -0.4 is 4.74 Å². The van der Waals surface area contributed by atoms with Gasteiger partial charge in [0.25, 0.3) is 0 Å². The van der Waals surface area contributed by atoms with Gasteiger partial charge in [-0.25, -0.2) is 4.39 Å². The van der Waals surface area contributed by atoms with Crippen LogP contribution in [0.15, 0.2) is 24.4 Å². The third kappa shape index (κ3) is 4.08. The molecule has 1 aromatic carbocycles. The van der Waals surface area contributed by atoms with E-state index in [0.717, 1.165) is 35.1 Å². The van der Waals surface area contributed by atoms with Crippen LogP contribution in [-0.2, 0) is 4.79 Å². The fourth-order valence-electron chi connectivity index (χ4n) is 5.78. The molecule has 2 bridgehead atoms. The molecule has 0 saturated carbocycles. The average Bonchev–Trinajstić information content (AvgIpc) is 3.04. The van der Waals surface area contributed by atoms with Crippen molar-refractivity contribution in [3.05, 3.63) is 30.0 Å². The minimum absolute atomic E-state index is 0.0324. The van der Waals surface area contributed by atoms with Crippen LogP contribution in [0.5, 0.6) is 5.75 Å². The van der Waals surface area contributed by atoms with E-state index < -0.39 is 5.67 Å². The van der Waals surface area contributed by atoms with Crippen LogP contribution in [0.4, 0.5) is 4.39 Å². The Labute approximate surface area is 179 Å². The molecule has 2 aromatic rings. The van der Waals surface area contributed by atoms with Gasteiger partial charge in [0, 0.05) is 48.4 Å². The summed E-state index contributed by atoms with van der Waals surface area (Å²) in [6.45, 7) is 10.1. The lowest BCUT2D eigenvalue weighted by molar-refractivity contribution is -0.147. The van der Waals surface area contributed by atoms with Crippen molar-refractivity contribution in [3.8, 4) is 5.75 Å². The second kappa shape index (κ2) is 7.90. The Bertz CT molecular complexity index is 901. The molecule has 4 nitrogen and oxygen atoms in total. The Kier molecular flexibility index (Phi) is 5.58. The summed E-state index contributed by atoms with van der Waals surface area (Å²) in [7, 11) is 0. The van der Waals surface area contributed by atoms with E-state index in [0.29, 0.717) is 25.2 Å². The van der Waals surface area contributed by atoms with E-state index in [1.807, 2.05) is 43.1 Å². The number of fused-ring (bicyclic) bond motifs is 3. The van der Waals surface area contributed by atoms with Gasteiger partial charge in [-0.3, -0.25) is 4.79 Å². The van der Waals surface area contributed by atoms with Crippen molar-refractivity contribution in [1.82, 2.24) is 9.88 Å². The molecule has 4 rings (SSSR count). The van der Waals surface area contributed by atoms with Crippen molar-refractivity contribution < 1.29 is 13.9 Å². The first kappa shape index (κ1) is 21.2. The third-order valence-corrected chi connectivity index (χ3v) is 6.82. The van der Waals surface area contributed by atoms with E-state index in [1.54, 1.807) is 6.92 Å². The fraction of sp³-hybridized carbons (Fsp3) is 0.640. The van der Waals surface area contributed by atoms with Crippen LogP contribution in [0.25, 0.3) is 10.9 Å². The fourth-order valence-corrected chi connectivity index (χ4v) is 5.78. The standard InChI is InChI=1S/C25H35FN2O2/c1-15(2)30-22-8-6-7-21-24(22)20(14-27-21)17(4)11-23(29)28-18-9-16(3)10-19(28)13-25(5,26)12-18/h6-8,14-19,27H,9-13H2,1-5H3. The van der Waals surface area contributed by atoms with Crippen molar-refractivity contribution >= 4 is 16.8 Å². The first-order valence-corrected chi connectivity index (χ1v) is 11.4. The molecule has 3 unspecified atom stereocenters. The quantitative estimate of drug-likeness (QED) is 0.655. The number of alkyl halides is 1. The summed E-state index contributed by atoms with van der Waals surface area (Å²) in [6, 6.07) is 6.08. The Morgan fingerprint density at radius 1 is 1.27 bits per heavy atom. The number of halogens is 1. The van der Waals surface area contributed by atoms with Crippen LogP contribution in [0.1, 0.15) is 78.2 Å². The molecule has 2 saturated heterocycles. The van der Waals surface area contributed by atoms with Gasteiger partial charge < -0.3 is 14.6 Å². The van der Waals surface area contributed by atoms with Crippen molar-refractivity contribution in [2.24, 2.45) is 5.92 Å². The number of aromatic amines is 1. The zero-order chi connectivity index (χ0) is 21.6. The molecule has 3 heterocycles. The SMILES string of the molecule is CC1CC2CC(C)(F)CC(C1)N2C(=O)CC(C)c1c[nH]c2cccc(OC(C)C)c12. The number of hydrogen-bond acceptors (Lipinski definition) is 2. The number of piperidine rings is 2. The summed E-state index contributed by atoms with van der Waals surface area (Å²) in [5.74, 6) is 1.63. The molecule has 0 radical (unpaired) electrons. The Morgan fingerprint density at radius 2 is 1.93 bits per heavy atom. The molecule has 1 N–H and O–H groups in total. The summed E-state index contributed by atoms with van der Waals surface area (Å²) in [5, 5.41) is 1.07. The lowest BCUT2D eigenvalue weighted by Gasteiger charge is -2.52. The molecule has 5 heteroatoms. The van der Waals surface area contributed by atoms with E-state index >= 15 is 0 Å². The van der Waals surface area contributed by atoms with E-state index in [4.69, 9.17) is 4.74 Å². The van der Waals surface area contributed by atoms with E-state index in [1.165, 1.54) is 0 Å². The highest BCUT2D eigenvalue weighted by molar-refractivity contribution is 5.90. The van der Waals surface area contributed by atoms with Crippen LogP contribution >= 0.6 is 0 Å². The summed E-state index contributed by atoms with van der Waals surface area (Å²) in [6.07, 6.45) is 5.28. The van der Waals surface area contributed by atoms with Gasteiger partial charge in [0.05, 0.1) is 6.10 Å². The lowest BCUT2D eigenvalue weighted by Crippen LogP contribution is -2.59. The number of carbonyl (C=O) groups is 1. The molecule has 30 heavy (non-hydrogen) atoms. The monoisotopic (exact) mass is 414 g/mol. The van der Waals surface area contributed by atoms with Gasteiger partial charge >= 0.3 is 0 Å². The molecule has 3 atom stereocenters. The molecule has 1 amide bonds. The highest BCUT2D eigenvalue weighted by Crippen LogP contribution is 2.44. The molecular formula is C25H35FN2O2. The smallest absolute Gasteiger partial charge is 0.223 e. The summed E-state index contributed by atoms with van der Waals surface area (Å²) in [5.41, 5.74) is 0.984. The van der Waals surface area contributed by atoms with Crippen LogP contribution in [0.3, 0.4) is 0 Å². The Balaban J connectivity index is 1.56. The first-order valence-electron chi connectivity index (χ1n) is 11.4. The zero-order valence-electron chi connectivity index (χ0n) is 18.9. The number of carbonyl (C=O) groups excluding carboxylic acids is 1. The molecule has 2 aliphatic heterocycles. The number of nitrogens with one attached hydrogen (secondary N) is 1. The average molecular weight is 415 g/mol. The maximum absolute atomic E-state index is 14.8. The van der Waals surface area contributed by atoms with E-state index in [9.17, 15) is 9.18 Å². The number of benzene rings is 1. The number of H-pyrrole nitrogens is 1. The molecule has 1 aromatic heterocycles. The lowest BCUT2D eigenvalue weighted by atomic mass is 9.73. The molecular weight excluding hydrogens is 379 g/mol. The van der Waals surface area contributed by atoms with Gasteiger partial charge in [-0.15, -0.1) is 0 Å². The molecule has 2 fully saturated rings. The minimum atomic E-state index is -1.15. The number of hydrogen-bond donors (Lipinski definition) is 1. The van der Waals surface area contributed by atoms with Gasteiger partial charge in [0.15, 0.2) is 0 Å². The van der Waals surface area contributed by atoms with Crippen LogP contribution in [-0.4, -0.2) is 39.6 Å². The largest absolute Gasteiger partial charge is 0.490 e.